The van der Waals surface area contributed by atoms with Crippen LogP contribution in [0, 0.1) is 11.3 Å². The standard InChI is InChI=1S/C12H25NO/c1-5-7-8-10(6-2)9-12(3,4)11(13)14/h10H,5-9H2,1-4H3,(H2,13,14). The first-order valence-corrected chi connectivity index (χ1v) is 5.74. The van der Waals surface area contributed by atoms with Gasteiger partial charge in [-0.3, -0.25) is 4.79 Å². The zero-order valence-corrected chi connectivity index (χ0v) is 10.1. The van der Waals surface area contributed by atoms with Crippen LogP contribution in [0.15, 0.2) is 0 Å². The van der Waals surface area contributed by atoms with Crippen molar-refractivity contribution in [3.05, 3.63) is 0 Å². The Balaban J connectivity index is 4.09. The number of hydrogen-bond donors (Lipinski definition) is 1. The van der Waals surface area contributed by atoms with Gasteiger partial charge in [-0.05, 0) is 12.3 Å². The van der Waals surface area contributed by atoms with Gasteiger partial charge in [-0.15, -0.1) is 0 Å². The highest BCUT2D eigenvalue weighted by Crippen LogP contribution is 2.29. The minimum absolute atomic E-state index is 0.174. The minimum atomic E-state index is -0.339. The van der Waals surface area contributed by atoms with Gasteiger partial charge in [0, 0.05) is 5.41 Å². The zero-order valence-electron chi connectivity index (χ0n) is 10.1. The number of carbonyl (C=O) groups excluding carboxylic acids is 1. The second-order valence-corrected chi connectivity index (χ2v) is 4.87. The third-order valence-corrected chi connectivity index (χ3v) is 3.01. The van der Waals surface area contributed by atoms with E-state index in [-0.39, 0.29) is 11.3 Å². The molecule has 1 atom stereocenters. The Morgan fingerprint density at radius 1 is 1.36 bits per heavy atom. The molecule has 1 unspecified atom stereocenters. The molecule has 1 amide bonds. The summed E-state index contributed by atoms with van der Waals surface area (Å²) in [4.78, 5) is 11.2. The quantitative estimate of drug-likeness (QED) is 0.672. The average Bonchev–Trinajstić information content (AvgIpc) is 2.11. The topological polar surface area (TPSA) is 43.1 Å². The molecule has 2 N–H and O–H groups in total. The van der Waals surface area contributed by atoms with E-state index in [1.807, 2.05) is 13.8 Å². The predicted octanol–water partition coefficient (Wildman–Crippen LogP) is 3.10. The number of rotatable bonds is 7. The van der Waals surface area contributed by atoms with Gasteiger partial charge >= 0.3 is 0 Å². The van der Waals surface area contributed by atoms with E-state index >= 15 is 0 Å². The Bertz CT molecular complexity index is 175. The van der Waals surface area contributed by atoms with Gasteiger partial charge in [0.05, 0.1) is 0 Å². The number of hydrogen-bond acceptors (Lipinski definition) is 1. The Kier molecular flexibility index (Phi) is 5.82. The van der Waals surface area contributed by atoms with E-state index in [1.54, 1.807) is 0 Å². The normalized spacial score (nSPS) is 14.0. The molecule has 2 heteroatoms. The molecular weight excluding hydrogens is 174 g/mol. The van der Waals surface area contributed by atoms with Gasteiger partial charge in [0.25, 0.3) is 0 Å². The molecule has 14 heavy (non-hydrogen) atoms. The summed E-state index contributed by atoms with van der Waals surface area (Å²) in [6.07, 6.45) is 5.79. The van der Waals surface area contributed by atoms with E-state index in [0.29, 0.717) is 5.92 Å². The monoisotopic (exact) mass is 199 g/mol. The second kappa shape index (κ2) is 6.05. The molecule has 0 fully saturated rings. The largest absolute Gasteiger partial charge is 0.369 e. The first kappa shape index (κ1) is 13.5. The molecule has 0 bridgehead atoms. The van der Waals surface area contributed by atoms with Gasteiger partial charge in [-0.1, -0.05) is 53.4 Å². The van der Waals surface area contributed by atoms with Gasteiger partial charge < -0.3 is 5.73 Å². The van der Waals surface area contributed by atoms with Crippen LogP contribution in [0.2, 0.25) is 0 Å². The van der Waals surface area contributed by atoms with Crippen LogP contribution in [0.4, 0.5) is 0 Å². The van der Waals surface area contributed by atoms with Gasteiger partial charge in [-0.25, -0.2) is 0 Å². The summed E-state index contributed by atoms with van der Waals surface area (Å²) in [7, 11) is 0. The smallest absolute Gasteiger partial charge is 0.223 e. The van der Waals surface area contributed by atoms with Crippen molar-refractivity contribution in [2.24, 2.45) is 17.1 Å². The van der Waals surface area contributed by atoms with Gasteiger partial charge in [-0.2, -0.15) is 0 Å². The number of carbonyl (C=O) groups is 1. The molecule has 0 aromatic carbocycles. The highest BCUT2D eigenvalue weighted by molar-refractivity contribution is 5.79. The molecule has 0 aromatic rings. The van der Waals surface area contributed by atoms with Crippen LogP contribution in [0.3, 0.4) is 0 Å². The molecule has 0 aliphatic heterocycles. The third-order valence-electron chi connectivity index (χ3n) is 3.01. The van der Waals surface area contributed by atoms with Crippen molar-refractivity contribution in [3.63, 3.8) is 0 Å². The molecule has 0 saturated heterocycles. The number of primary amides is 1. The van der Waals surface area contributed by atoms with Gasteiger partial charge in [0.15, 0.2) is 0 Å². The van der Waals surface area contributed by atoms with Crippen molar-refractivity contribution in [2.75, 3.05) is 0 Å². The summed E-state index contributed by atoms with van der Waals surface area (Å²) in [5, 5.41) is 0. The summed E-state index contributed by atoms with van der Waals surface area (Å²) < 4.78 is 0. The van der Waals surface area contributed by atoms with Crippen molar-refractivity contribution >= 4 is 5.91 Å². The lowest BCUT2D eigenvalue weighted by atomic mass is 9.79. The van der Waals surface area contributed by atoms with Crippen LogP contribution in [0.25, 0.3) is 0 Å². The van der Waals surface area contributed by atoms with E-state index < -0.39 is 0 Å². The molecule has 0 saturated carbocycles. The van der Waals surface area contributed by atoms with E-state index in [2.05, 4.69) is 13.8 Å². The lowest BCUT2D eigenvalue weighted by molar-refractivity contribution is -0.126. The summed E-state index contributed by atoms with van der Waals surface area (Å²) in [6, 6.07) is 0. The van der Waals surface area contributed by atoms with Crippen LogP contribution in [-0.4, -0.2) is 5.91 Å². The van der Waals surface area contributed by atoms with Crippen molar-refractivity contribution in [1.29, 1.82) is 0 Å². The van der Waals surface area contributed by atoms with Crippen molar-refractivity contribution in [1.82, 2.24) is 0 Å². The SMILES string of the molecule is CCCCC(CC)CC(C)(C)C(N)=O. The minimum Gasteiger partial charge on any atom is -0.369 e. The van der Waals surface area contributed by atoms with Gasteiger partial charge in [0.2, 0.25) is 5.91 Å². The van der Waals surface area contributed by atoms with E-state index in [0.717, 1.165) is 12.8 Å². The van der Waals surface area contributed by atoms with Crippen LogP contribution in [0.5, 0.6) is 0 Å². The maximum absolute atomic E-state index is 11.2. The number of nitrogens with two attached hydrogens (primary N) is 1. The molecular formula is C12H25NO. The molecule has 0 radical (unpaired) electrons. The third kappa shape index (κ3) is 4.64. The fourth-order valence-electron chi connectivity index (χ4n) is 1.77. The van der Waals surface area contributed by atoms with Crippen LogP contribution in [-0.2, 0) is 4.79 Å². The first-order valence-electron chi connectivity index (χ1n) is 5.74. The van der Waals surface area contributed by atoms with Crippen LogP contribution >= 0.6 is 0 Å². The molecule has 0 rings (SSSR count). The highest BCUT2D eigenvalue weighted by atomic mass is 16.1. The lowest BCUT2D eigenvalue weighted by Gasteiger charge is -2.26. The molecule has 2 nitrogen and oxygen atoms in total. The fourth-order valence-corrected chi connectivity index (χ4v) is 1.77. The number of amides is 1. The summed E-state index contributed by atoms with van der Waals surface area (Å²) in [5.41, 5.74) is 5.02. The maximum atomic E-state index is 11.2. The summed E-state index contributed by atoms with van der Waals surface area (Å²) in [5.74, 6) is 0.477. The molecule has 0 spiro atoms. The maximum Gasteiger partial charge on any atom is 0.223 e. The second-order valence-electron chi connectivity index (χ2n) is 4.87. The zero-order chi connectivity index (χ0) is 11.2. The first-order chi connectivity index (χ1) is 6.44. The molecule has 0 aliphatic rings. The van der Waals surface area contributed by atoms with Crippen LogP contribution < -0.4 is 5.73 Å². The average molecular weight is 199 g/mol. The van der Waals surface area contributed by atoms with E-state index in [4.69, 9.17) is 5.73 Å². The lowest BCUT2D eigenvalue weighted by Crippen LogP contribution is -2.33. The molecule has 0 aliphatic carbocycles. The van der Waals surface area contributed by atoms with E-state index in [1.165, 1.54) is 19.3 Å². The molecule has 0 heterocycles. The van der Waals surface area contributed by atoms with Crippen molar-refractivity contribution in [2.45, 2.75) is 59.8 Å². The van der Waals surface area contributed by atoms with Crippen molar-refractivity contribution < 1.29 is 4.79 Å². The van der Waals surface area contributed by atoms with Gasteiger partial charge in [0.1, 0.15) is 0 Å². The van der Waals surface area contributed by atoms with Crippen LogP contribution in [0.1, 0.15) is 59.8 Å². The Labute approximate surface area is 88.3 Å². The Hall–Kier alpha value is -0.530. The van der Waals surface area contributed by atoms with E-state index in [9.17, 15) is 4.79 Å². The molecule has 0 aromatic heterocycles. The summed E-state index contributed by atoms with van der Waals surface area (Å²) in [6.45, 7) is 8.29. The Morgan fingerprint density at radius 2 is 1.93 bits per heavy atom. The highest BCUT2D eigenvalue weighted by Gasteiger charge is 2.27. The Morgan fingerprint density at radius 3 is 2.29 bits per heavy atom. The summed E-state index contributed by atoms with van der Waals surface area (Å²) >= 11 is 0. The number of unbranched alkanes of at least 4 members (excludes halogenated alkanes) is 1. The fraction of sp³-hybridized carbons (Fsp3) is 0.917. The van der Waals surface area contributed by atoms with Crippen molar-refractivity contribution in [3.8, 4) is 0 Å². The molecule has 84 valence electrons. The predicted molar refractivity (Wildman–Crippen MR) is 60.9 cm³/mol.